The minimum Gasteiger partial charge on any atom is -0.493 e. The van der Waals surface area contributed by atoms with Gasteiger partial charge in [0.1, 0.15) is 0 Å². The van der Waals surface area contributed by atoms with E-state index in [0.29, 0.717) is 30.3 Å². The van der Waals surface area contributed by atoms with E-state index in [4.69, 9.17) is 9.47 Å². The highest BCUT2D eigenvalue weighted by atomic mass is 32.1. The summed E-state index contributed by atoms with van der Waals surface area (Å²) in [5.41, 5.74) is 1.72. The van der Waals surface area contributed by atoms with Crippen molar-refractivity contribution in [3.63, 3.8) is 0 Å². The predicted molar refractivity (Wildman–Crippen MR) is 108 cm³/mol. The van der Waals surface area contributed by atoms with Gasteiger partial charge in [0.05, 0.1) is 27.3 Å². The molecule has 2 aromatic heterocycles. The van der Waals surface area contributed by atoms with Crippen LogP contribution in [0.2, 0.25) is 0 Å². The number of carbonyl (C=O) groups is 1. The number of anilines is 1. The van der Waals surface area contributed by atoms with Gasteiger partial charge in [-0.1, -0.05) is 6.07 Å². The molecule has 0 saturated heterocycles. The summed E-state index contributed by atoms with van der Waals surface area (Å²) in [5, 5.41) is 4.98. The van der Waals surface area contributed by atoms with Crippen molar-refractivity contribution in [2.45, 2.75) is 13.1 Å². The summed E-state index contributed by atoms with van der Waals surface area (Å²) < 4.78 is 12.6. The van der Waals surface area contributed by atoms with Gasteiger partial charge in [-0.3, -0.25) is 0 Å². The lowest BCUT2D eigenvalue weighted by Crippen LogP contribution is -2.34. The predicted octanol–water partition coefficient (Wildman–Crippen LogP) is 4.34. The Hall–Kier alpha value is -2.93. The smallest absolute Gasteiger partial charge is 0.322 e. The summed E-state index contributed by atoms with van der Waals surface area (Å²) in [6.07, 6.45) is 1.98. The standard InChI is InChI=1S/C20H23N3O3S/c1-22-10-4-6-16(22)13-23(14-17-7-5-11-27-17)20(24)21-15-8-9-18(25-2)19(12-15)26-3/h4-12H,13-14H2,1-3H3,(H,21,24). The number of thiophene rings is 1. The Bertz CT molecular complexity index is 890. The van der Waals surface area contributed by atoms with Crippen LogP contribution in [0.25, 0.3) is 0 Å². The van der Waals surface area contributed by atoms with E-state index in [1.807, 2.05) is 47.5 Å². The van der Waals surface area contributed by atoms with Crippen LogP contribution in [-0.4, -0.2) is 29.7 Å². The topological polar surface area (TPSA) is 55.7 Å². The molecule has 0 unspecified atom stereocenters. The zero-order chi connectivity index (χ0) is 19.2. The van der Waals surface area contributed by atoms with Crippen molar-refractivity contribution in [2.75, 3.05) is 19.5 Å². The van der Waals surface area contributed by atoms with Crippen LogP contribution in [0.15, 0.2) is 54.0 Å². The van der Waals surface area contributed by atoms with E-state index in [9.17, 15) is 4.79 Å². The van der Waals surface area contributed by atoms with Gasteiger partial charge in [-0.2, -0.15) is 0 Å². The van der Waals surface area contributed by atoms with Crippen LogP contribution in [0.1, 0.15) is 10.6 Å². The SMILES string of the molecule is COc1ccc(NC(=O)N(Cc2cccs2)Cc2cccn2C)cc1OC. The molecule has 0 radical (unpaired) electrons. The number of methoxy groups -OCH3 is 2. The fourth-order valence-electron chi connectivity index (χ4n) is 2.76. The van der Waals surface area contributed by atoms with Crippen molar-refractivity contribution in [3.8, 4) is 11.5 Å². The molecule has 0 aliphatic carbocycles. The first-order valence-electron chi connectivity index (χ1n) is 8.51. The zero-order valence-corrected chi connectivity index (χ0v) is 16.5. The third-order valence-electron chi connectivity index (χ3n) is 4.25. The first-order valence-corrected chi connectivity index (χ1v) is 9.39. The molecular weight excluding hydrogens is 362 g/mol. The molecule has 2 amide bonds. The van der Waals surface area contributed by atoms with Gasteiger partial charge < -0.3 is 24.3 Å². The molecule has 0 fully saturated rings. The quantitative estimate of drug-likeness (QED) is 0.658. The van der Waals surface area contributed by atoms with Crippen LogP contribution >= 0.6 is 11.3 Å². The van der Waals surface area contributed by atoms with Gasteiger partial charge in [0, 0.05) is 35.6 Å². The number of ether oxygens (including phenoxy) is 2. The summed E-state index contributed by atoms with van der Waals surface area (Å²) in [4.78, 5) is 15.9. The maximum atomic E-state index is 13.0. The lowest BCUT2D eigenvalue weighted by Gasteiger charge is -2.23. The van der Waals surface area contributed by atoms with Gasteiger partial charge in [0.25, 0.3) is 0 Å². The molecule has 142 valence electrons. The highest BCUT2D eigenvalue weighted by molar-refractivity contribution is 7.09. The number of nitrogens with zero attached hydrogens (tertiary/aromatic N) is 2. The van der Waals surface area contributed by atoms with Gasteiger partial charge in [0.2, 0.25) is 0 Å². The average Bonchev–Trinajstić information content (AvgIpc) is 3.33. The van der Waals surface area contributed by atoms with Crippen molar-refractivity contribution in [1.29, 1.82) is 0 Å². The molecule has 2 heterocycles. The lowest BCUT2D eigenvalue weighted by molar-refractivity contribution is 0.205. The van der Waals surface area contributed by atoms with Crippen molar-refractivity contribution < 1.29 is 14.3 Å². The maximum absolute atomic E-state index is 13.0. The monoisotopic (exact) mass is 385 g/mol. The van der Waals surface area contributed by atoms with Crippen molar-refractivity contribution in [3.05, 3.63) is 64.6 Å². The number of hydrogen-bond donors (Lipinski definition) is 1. The van der Waals surface area contributed by atoms with E-state index in [0.717, 1.165) is 10.6 Å². The molecule has 27 heavy (non-hydrogen) atoms. The molecule has 3 rings (SSSR count). The van der Waals surface area contributed by atoms with E-state index < -0.39 is 0 Å². The van der Waals surface area contributed by atoms with Crippen LogP contribution in [0.4, 0.5) is 10.5 Å². The molecule has 7 heteroatoms. The Balaban J connectivity index is 1.78. The van der Waals surface area contributed by atoms with Gasteiger partial charge in [0.15, 0.2) is 11.5 Å². The number of aryl methyl sites for hydroxylation is 1. The number of amides is 2. The molecule has 0 saturated carbocycles. The van der Waals surface area contributed by atoms with E-state index >= 15 is 0 Å². The highest BCUT2D eigenvalue weighted by Gasteiger charge is 2.17. The molecule has 0 bridgehead atoms. The van der Waals surface area contributed by atoms with E-state index in [-0.39, 0.29) is 6.03 Å². The Morgan fingerprint density at radius 2 is 1.93 bits per heavy atom. The fourth-order valence-corrected chi connectivity index (χ4v) is 3.48. The number of urea groups is 1. The molecule has 3 aromatic rings. The molecule has 0 spiro atoms. The first kappa shape index (κ1) is 18.8. The number of hydrogen-bond acceptors (Lipinski definition) is 4. The summed E-state index contributed by atoms with van der Waals surface area (Å²) in [5.74, 6) is 1.19. The molecule has 0 atom stereocenters. The van der Waals surface area contributed by atoms with E-state index in [1.165, 1.54) is 0 Å². The van der Waals surface area contributed by atoms with Gasteiger partial charge in [-0.05, 0) is 35.7 Å². The maximum Gasteiger partial charge on any atom is 0.322 e. The van der Waals surface area contributed by atoms with Crippen molar-refractivity contribution in [1.82, 2.24) is 9.47 Å². The first-order chi connectivity index (χ1) is 13.1. The highest BCUT2D eigenvalue weighted by Crippen LogP contribution is 2.30. The number of rotatable bonds is 7. The molecule has 0 aliphatic rings. The third kappa shape index (κ3) is 4.62. The minimum atomic E-state index is -0.170. The summed E-state index contributed by atoms with van der Waals surface area (Å²) >= 11 is 1.64. The van der Waals surface area contributed by atoms with Crippen LogP contribution < -0.4 is 14.8 Å². The Morgan fingerprint density at radius 1 is 1.11 bits per heavy atom. The average molecular weight is 385 g/mol. The second kappa shape index (κ2) is 8.64. The fraction of sp³-hybridized carbons (Fsp3) is 0.250. The largest absolute Gasteiger partial charge is 0.493 e. The summed E-state index contributed by atoms with van der Waals surface area (Å²) in [6.45, 7) is 1.06. The van der Waals surface area contributed by atoms with Crippen molar-refractivity contribution in [2.24, 2.45) is 7.05 Å². The van der Waals surface area contributed by atoms with Gasteiger partial charge in [-0.15, -0.1) is 11.3 Å². The number of nitrogens with one attached hydrogen (secondary N) is 1. The van der Waals surface area contributed by atoms with Crippen LogP contribution in [0.3, 0.4) is 0 Å². The van der Waals surface area contributed by atoms with Crippen molar-refractivity contribution >= 4 is 23.1 Å². The molecule has 6 nitrogen and oxygen atoms in total. The third-order valence-corrected chi connectivity index (χ3v) is 5.11. The van der Waals surface area contributed by atoms with Gasteiger partial charge >= 0.3 is 6.03 Å². The van der Waals surface area contributed by atoms with Crippen LogP contribution in [0, 0.1) is 0 Å². The Kier molecular flexibility index (Phi) is 6.03. The van der Waals surface area contributed by atoms with E-state index in [1.54, 1.807) is 48.7 Å². The molecule has 0 aliphatic heterocycles. The number of aromatic nitrogens is 1. The summed E-state index contributed by atoms with van der Waals surface area (Å²) in [6, 6.07) is 13.2. The molecule has 1 N–H and O–H groups in total. The number of benzene rings is 1. The van der Waals surface area contributed by atoms with Gasteiger partial charge in [-0.25, -0.2) is 4.79 Å². The summed E-state index contributed by atoms with van der Waals surface area (Å²) in [7, 11) is 5.13. The van der Waals surface area contributed by atoms with Crippen LogP contribution in [0.5, 0.6) is 11.5 Å². The normalized spacial score (nSPS) is 10.5. The minimum absolute atomic E-state index is 0.170. The Labute approximate surface area is 162 Å². The molecule has 1 aromatic carbocycles. The zero-order valence-electron chi connectivity index (χ0n) is 15.6. The number of carbonyl (C=O) groups excluding carboxylic acids is 1. The lowest BCUT2D eigenvalue weighted by atomic mass is 10.2. The second-order valence-corrected chi connectivity index (χ2v) is 7.08. The molecular formula is C20H23N3O3S. The van der Waals surface area contributed by atoms with Crippen LogP contribution in [-0.2, 0) is 20.1 Å². The van der Waals surface area contributed by atoms with E-state index in [2.05, 4.69) is 5.32 Å². The second-order valence-electron chi connectivity index (χ2n) is 6.05. The Morgan fingerprint density at radius 3 is 2.56 bits per heavy atom.